The molecule has 0 aliphatic rings. The summed E-state index contributed by atoms with van der Waals surface area (Å²) in [6, 6.07) is 16.3. The molecule has 0 fully saturated rings. The number of benzene rings is 3. The molecule has 0 aliphatic carbocycles. The molecule has 3 rings (SSSR count). The van der Waals surface area contributed by atoms with Gasteiger partial charge in [0.15, 0.2) is 0 Å². The second-order valence-corrected chi connectivity index (χ2v) is 12.5. The molecule has 0 heterocycles. The minimum Gasteiger partial charge on any atom is -0.302 e. The fourth-order valence-corrected chi connectivity index (χ4v) is 7.51. The third-order valence-electron chi connectivity index (χ3n) is 6.16. The Labute approximate surface area is 197 Å². The first-order valence-electron chi connectivity index (χ1n) is 11.2. The van der Waals surface area contributed by atoms with E-state index in [1.54, 1.807) is 30.3 Å². The van der Waals surface area contributed by atoms with Gasteiger partial charge < -0.3 is 4.57 Å². The summed E-state index contributed by atoms with van der Waals surface area (Å²) in [4.78, 5) is 28.0. The van der Waals surface area contributed by atoms with Gasteiger partial charge in [-0.3, -0.25) is 9.59 Å². The van der Waals surface area contributed by atoms with Crippen molar-refractivity contribution in [2.24, 2.45) is 0 Å². The highest BCUT2D eigenvalue weighted by atomic mass is 31.2. The van der Waals surface area contributed by atoms with Gasteiger partial charge in [-0.2, -0.15) is 0 Å². The third-order valence-corrected chi connectivity index (χ3v) is 9.12. The van der Waals surface area contributed by atoms with Crippen molar-refractivity contribution < 1.29 is 14.2 Å². The Balaban J connectivity index is 2.37. The maximum atomic E-state index is 14.9. The number of aryl methyl sites for hydroxylation is 5. The third kappa shape index (κ3) is 4.52. The maximum absolute atomic E-state index is 14.9. The van der Waals surface area contributed by atoms with Gasteiger partial charge in [-0.25, -0.2) is 0 Å². The van der Waals surface area contributed by atoms with E-state index < -0.39 is 18.2 Å². The summed E-state index contributed by atoms with van der Waals surface area (Å²) in [5, 5.41) is 0.369. The molecule has 3 nitrogen and oxygen atoms in total. The van der Waals surface area contributed by atoms with Crippen LogP contribution in [0.1, 0.15) is 74.9 Å². The molecule has 0 N–H and O–H groups in total. The fraction of sp³-hybridized carbons (Fsp3) is 0.310. The normalized spacial score (nSPS) is 13.5. The smallest absolute Gasteiger partial charge is 0.249 e. The molecule has 0 saturated heterocycles. The molecule has 0 spiro atoms. The highest BCUT2D eigenvalue weighted by Gasteiger charge is 2.45. The summed E-state index contributed by atoms with van der Waals surface area (Å²) in [7, 11) is -4.19. The van der Waals surface area contributed by atoms with Gasteiger partial charge in [0, 0.05) is 16.4 Å². The van der Waals surface area contributed by atoms with Gasteiger partial charge in [0.2, 0.25) is 18.2 Å². The van der Waals surface area contributed by atoms with Crippen molar-refractivity contribution in [3.63, 3.8) is 0 Å². The van der Waals surface area contributed by atoms with Crippen molar-refractivity contribution in [3.05, 3.63) is 99.1 Å². The van der Waals surface area contributed by atoms with Gasteiger partial charge in [-0.1, -0.05) is 80.9 Å². The molecule has 0 radical (unpaired) electrons. The van der Waals surface area contributed by atoms with Crippen molar-refractivity contribution >= 4 is 23.5 Å². The Morgan fingerprint density at radius 2 is 1.18 bits per heavy atom. The predicted molar refractivity (Wildman–Crippen MR) is 138 cm³/mol. The lowest BCUT2D eigenvalue weighted by molar-refractivity contribution is 0.104. The lowest BCUT2D eigenvalue weighted by Crippen LogP contribution is -2.27. The quantitative estimate of drug-likeness (QED) is 0.379. The van der Waals surface area contributed by atoms with Crippen LogP contribution in [-0.2, 0) is 9.98 Å². The van der Waals surface area contributed by atoms with E-state index in [1.165, 1.54) is 0 Å². The Morgan fingerprint density at radius 1 is 0.697 bits per heavy atom. The molecule has 172 valence electrons. The highest BCUT2D eigenvalue weighted by Crippen LogP contribution is 2.53. The van der Waals surface area contributed by atoms with E-state index >= 15 is 0 Å². The highest BCUT2D eigenvalue weighted by molar-refractivity contribution is 8.01. The van der Waals surface area contributed by atoms with Crippen LogP contribution in [0.3, 0.4) is 0 Å². The predicted octanol–water partition coefficient (Wildman–Crippen LogP) is 7.20. The molecular weight excluding hydrogens is 427 g/mol. The minimum atomic E-state index is -4.19. The molecule has 0 amide bonds. The molecule has 0 bridgehead atoms. The number of rotatable bonds is 5. The molecular formula is C29H33O3P. The lowest BCUT2D eigenvalue weighted by atomic mass is 9.85. The minimum absolute atomic E-state index is 0.115. The zero-order valence-corrected chi connectivity index (χ0v) is 21.8. The van der Waals surface area contributed by atoms with Gasteiger partial charge in [-0.15, -0.1) is 0 Å². The summed E-state index contributed by atoms with van der Waals surface area (Å²) in [6.45, 7) is 15.7. The summed E-state index contributed by atoms with van der Waals surface area (Å²) in [5.41, 5.74) is 4.36. The van der Waals surface area contributed by atoms with E-state index in [0.717, 1.165) is 22.3 Å². The molecule has 4 heteroatoms. The number of carbonyl (C=O) groups excluding carboxylic acids is 2. The molecule has 3 aromatic rings. The molecule has 0 aromatic heterocycles. The van der Waals surface area contributed by atoms with Crippen LogP contribution >= 0.6 is 7.14 Å². The molecule has 3 aromatic carbocycles. The van der Waals surface area contributed by atoms with E-state index in [9.17, 15) is 14.2 Å². The molecule has 33 heavy (non-hydrogen) atoms. The van der Waals surface area contributed by atoms with Crippen molar-refractivity contribution in [2.75, 3.05) is 0 Å². The largest absolute Gasteiger partial charge is 0.302 e. The lowest BCUT2D eigenvalue weighted by Gasteiger charge is -2.26. The molecule has 1 unspecified atom stereocenters. The van der Waals surface area contributed by atoms with E-state index in [2.05, 4.69) is 20.8 Å². The first-order valence-corrected chi connectivity index (χ1v) is 12.9. The topological polar surface area (TPSA) is 51.2 Å². The van der Waals surface area contributed by atoms with Crippen LogP contribution in [-0.4, -0.2) is 11.0 Å². The van der Waals surface area contributed by atoms with Crippen molar-refractivity contribution in [1.29, 1.82) is 0 Å². The SMILES string of the molecule is Cc1cc(C)c(C(=O)P(=O)(C(=O)c2ccccc2)c2c(C)cc(C(C)(C)C)cc2C)c(C)c1. The van der Waals surface area contributed by atoms with Crippen molar-refractivity contribution in [2.45, 2.75) is 60.8 Å². The number of carbonyl (C=O) groups is 2. The second kappa shape index (κ2) is 8.88. The zero-order chi connectivity index (χ0) is 24.7. The Hall–Kier alpha value is -2.77. The van der Waals surface area contributed by atoms with Crippen LogP contribution in [0.15, 0.2) is 54.6 Å². The second-order valence-electron chi connectivity index (χ2n) is 10.1. The zero-order valence-electron chi connectivity index (χ0n) is 20.9. The van der Waals surface area contributed by atoms with Crippen LogP contribution in [0.4, 0.5) is 0 Å². The standard InChI is InChI=1S/C29H33O3P/c1-18-14-19(2)25(20(3)15-18)28(31)33(32,27(30)23-12-10-9-11-13-23)26-21(4)16-24(17-22(26)5)29(6,7)8/h9-17H,1-8H3. The van der Waals surface area contributed by atoms with Crippen molar-refractivity contribution in [3.8, 4) is 0 Å². The molecule has 0 aliphatic heterocycles. The van der Waals surface area contributed by atoms with E-state index in [0.29, 0.717) is 22.0 Å². The van der Waals surface area contributed by atoms with E-state index in [4.69, 9.17) is 0 Å². The van der Waals surface area contributed by atoms with Crippen molar-refractivity contribution in [1.82, 2.24) is 0 Å². The summed E-state index contributed by atoms with van der Waals surface area (Å²) >= 11 is 0. The van der Waals surface area contributed by atoms with Crippen LogP contribution in [0.2, 0.25) is 0 Å². The number of hydrogen-bond acceptors (Lipinski definition) is 3. The van der Waals surface area contributed by atoms with E-state index in [-0.39, 0.29) is 11.0 Å². The van der Waals surface area contributed by atoms with Gasteiger partial charge >= 0.3 is 0 Å². The van der Waals surface area contributed by atoms with E-state index in [1.807, 2.05) is 58.9 Å². The first-order chi connectivity index (χ1) is 15.3. The summed E-state index contributed by atoms with van der Waals surface area (Å²) in [6.07, 6.45) is 0. The monoisotopic (exact) mass is 460 g/mol. The summed E-state index contributed by atoms with van der Waals surface area (Å²) < 4.78 is 14.9. The van der Waals surface area contributed by atoms with Gasteiger partial charge in [0.1, 0.15) is 0 Å². The van der Waals surface area contributed by atoms with Gasteiger partial charge in [0.05, 0.1) is 0 Å². The summed E-state index contributed by atoms with van der Waals surface area (Å²) in [5.74, 6) is 0. The average molecular weight is 461 g/mol. The Kier molecular flexibility index (Phi) is 6.69. The van der Waals surface area contributed by atoms with Crippen LogP contribution in [0.5, 0.6) is 0 Å². The fourth-order valence-electron chi connectivity index (χ4n) is 4.62. The van der Waals surface area contributed by atoms with Gasteiger partial charge in [-0.05, 0) is 67.9 Å². The molecule has 0 saturated carbocycles. The average Bonchev–Trinajstić information content (AvgIpc) is 2.71. The van der Waals surface area contributed by atoms with Crippen LogP contribution < -0.4 is 5.30 Å². The molecule has 1 atom stereocenters. The Bertz CT molecular complexity index is 1250. The number of hydrogen-bond donors (Lipinski definition) is 0. The maximum Gasteiger partial charge on any atom is 0.249 e. The first kappa shape index (κ1) is 24.9. The Morgan fingerprint density at radius 3 is 1.64 bits per heavy atom. The van der Waals surface area contributed by atoms with Crippen LogP contribution in [0, 0.1) is 34.6 Å². The van der Waals surface area contributed by atoms with Gasteiger partial charge in [0.25, 0.3) is 0 Å². The van der Waals surface area contributed by atoms with Crippen LogP contribution in [0.25, 0.3) is 0 Å².